The molecular formula is C20H22F2N2O2. The average Bonchev–Trinajstić information content (AvgIpc) is 2.57. The number of halogens is 2. The highest BCUT2D eigenvalue weighted by Gasteiger charge is 2.45. The van der Waals surface area contributed by atoms with Crippen molar-refractivity contribution >= 4 is 11.7 Å². The van der Waals surface area contributed by atoms with Crippen LogP contribution in [0.1, 0.15) is 45.1 Å². The number of hydrogen-bond acceptors (Lipinski definition) is 3. The van der Waals surface area contributed by atoms with E-state index in [0.717, 1.165) is 12.1 Å². The number of dihydropyridines is 1. The minimum absolute atomic E-state index is 0.117. The highest BCUT2D eigenvalue weighted by atomic mass is 19.1. The number of nitrogens with one attached hydrogen (secondary N) is 2. The van der Waals surface area contributed by atoms with Gasteiger partial charge in [0.2, 0.25) is 5.91 Å². The maximum absolute atomic E-state index is 14.6. The smallest absolute Gasteiger partial charge is 0.249 e. The van der Waals surface area contributed by atoms with Crippen LogP contribution in [0.25, 0.3) is 0 Å². The van der Waals surface area contributed by atoms with Crippen LogP contribution in [0.4, 0.5) is 8.78 Å². The second kappa shape index (κ2) is 6.34. The summed E-state index contributed by atoms with van der Waals surface area (Å²) in [6, 6.07) is 3.25. The zero-order chi connectivity index (χ0) is 19.2. The molecular weight excluding hydrogens is 338 g/mol. The molecule has 2 N–H and O–H groups in total. The maximum atomic E-state index is 14.6. The molecule has 0 saturated carbocycles. The molecule has 1 amide bonds. The molecule has 6 heteroatoms. The Morgan fingerprint density at radius 3 is 2.62 bits per heavy atom. The first kappa shape index (κ1) is 18.3. The standard InChI is InChI=1S/C20H22F2N2O2/c1-10-15(19(26)23-4)16(12-6-5-11(21)9-13(12)22)17-14(24-10)7-8-20(2,3)18(17)25/h5-6,9,16,24H,7-8H2,1-4H3,(H,23,26). The first-order valence-corrected chi connectivity index (χ1v) is 8.60. The van der Waals surface area contributed by atoms with Crippen molar-refractivity contribution in [2.45, 2.75) is 39.5 Å². The third kappa shape index (κ3) is 2.83. The fourth-order valence-corrected chi connectivity index (χ4v) is 3.76. The average molecular weight is 360 g/mol. The number of rotatable bonds is 2. The van der Waals surface area contributed by atoms with Gasteiger partial charge in [-0.15, -0.1) is 0 Å². The van der Waals surface area contributed by atoms with E-state index in [-0.39, 0.29) is 16.9 Å². The number of hydrogen-bond donors (Lipinski definition) is 2. The van der Waals surface area contributed by atoms with Gasteiger partial charge in [-0.25, -0.2) is 8.78 Å². The quantitative estimate of drug-likeness (QED) is 0.851. The summed E-state index contributed by atoms with van der Waals surface area (Å²) in [6.45, 7) is 5.43. The molecule has 1 aromatic rings. The minimum atomic E-state index is -0.862. The van der Waals surface area contributed by atoms with Crippen molar-refractivity contribution in [3.8, 4) is 0 Å². The third-order valence-electron chi connectivity index (χ3n) is 5.25. The summed E-state index contributed by atoms with van der Waals surface area (Å²) in [5, 5.41) is 5.72. The molecule has 4 nitrogen and oxygen atoms in total. The molecule has 2 aliphatic rings. The van der Waals surface area contributed by atoms with Crippen LogP contribution >= 0.6 is 0 Å². The monoisotopic (exact) mass is 360 g/mol. The van der Waals surface area contributed by atoms with E-state index in [4.69, 9.17) is 0 Å². The van der Waals surface area contributed by atoms with E-state index in [1.54, 1.807) is 6.92 Å². The summed E-state index contributed by atoms with van der Waals surface area (Å²) in [5.41, 5.74) is 1.50. The Bertz CT molecular complexity index is 869. The number of carbonyl (C=O) groups excluding carboxylic acids is 2. The Hall–Kier alpha value is -2.50. The van der Waals surface area contributed by atoms with Crippen LogP contribution in [0.2, 0.25) is 0 Å². The molecule has 1 aromatic carbocycles. The van der Waals surface area contributed by atoms with Gasteiger partial charge in [-0.1, -0.05) is 19.9 Å². The van der Waals surface area contributed by atoms with Gasteiger partial charge in [0.15, 0.2) is 5.78 Å². The van der Waals surface area contributed by atoms with Gasteiger partial charge in [0, 0.05) is 52.6 Å². The zero-order valence-corrected chi connectivity index (χ0v) is 15.3. The number of benzene rings is 1. The lowest BCUT2D eigenvalue weighted by molar-refractivity contribution is -0.124. The van der Waals surface area contributed by atoms with E-state index in [1.165, 1.54) is 13.1 Å². The van der Waals surface area contributed by atoms with Crippen molar-refractivity contribution in [3.63, 3.8) is 0 Å². The number of Topliss-reactive ketones (excluding diaryl/α,β-unsaturated/α-hetero) is 1. The van der Waals surface area contributed by atoms with Gasteiger partial charge in [0.1, 0.15) is 11.6 Å². The van der Waals surface area contributed by atoms with Gasteiger partial charge in [-0.05, 0) is 25.8 Å². The topological polar surface area (TPSA) is 58.2 Å². The second-order valence-electron chi connectivity index (χ2n) is 7.45. The molecule has 0 spiro atoms. The van der Waals surface area contributed by atoms with E-state index in [1.807, 2.05) is 13.8 Å². The summed E-state index contributed by atoms with van der Waals surface area (Å²) in [7, 11) is 1.48. The van der Waals surface area contributed by atoms with Crippen LogP contribution < -0.4 is 10.6 Å². The van der Waals surface area contributed by atoms with E-state index >= 15 is 0 Å². The van der Waals surface area contributed by atoms with Gasteiger partial charge in [-0.3, -0.25) is 9.59 Å². The molecule has 1 heterocycles. The van der Waals surface area contributed by atoms with Crippen LogP contribution in [0.3, 0.4) is 0 Å². The summed E-state index contributed by atoms with van der Waals surface area (Å²) < 4.78 is 28.1. The molecule has 0 radical (unpaired) electrons. The Balaban J connectivity index is 2.26. The summed E-state index contributed by atoms with van der Waals surface area (Å²) in [6.07, 6.45) is 1.30. The largest absolute Gasteiger partial charge is 0.362 e. The molecule has 0 fully saturated rings. The predicted molar refractivity (Wildman–Crippen MR) is 94.0 cm³/mol. The molecule has 0 saturated heterocycles. The molecule has 3 rings (SSSR count). The minimum Gasteiger partial charge on any atom is -0.362 e. The molecule has 1 aliphatic carbocycles. The number of ketones is 1. The lowest BCUT2D eigenvalue weighted by Crippen LogP contribution is -2.42. The van der Waals surface area contributed by atoms with Crippen LogP contribution in [-0.4, -0.2) is 18.7 Å². The fraction of sp³-hybridized carbons (Fsp3) is 0.400. The SMILES string of the molecule is CNC(=O)C1=C(C)NC2=C(C(=O)C(C)(C)CC2)C1c1ccc(F)cc1F. The van der Waals surface area contributed by atoms with Gasteiger partial charge in [0.25, 0.3) is 0 Å². The Morgan fingerprint density at radius 1 is 1.31 bits per heavy atom. The molecule has 0 aromatic heterocycles. The van der Waals surface area contributed by atoms with Crippen molar-refractivity contribution in [1.29, 1.82) is 0 Å². The number of allylic oxidation sites excluding steroid dienone is 3. The summed E-state index contributed by atoms with van der Waals surface area (Å²) >= 11 is 0. The van der Waals surface area contributed by atoms with E-state index in [2.05, 4.69) is 10.6 Å². The van der Waals surface area contributed by atoms with Crippen LogP contribution in [0.15, 0.2) is 40.7 Å². The first-order valence-electron chi connectivity index (χ1n) is 8.60. The van der Waals surface area contributed by atoms with Crippen LogP contribution in [0.5, 0.6) is 0 Å². The van der Waals surface area contributed by atoms with Crippen LogP contribution in [0, 0.1) is 17.0 Å². The molecule has 1 unspecified atom stereocenters. The van der Waals surface area contributed by atoms with Gasteiger partial charge in [-0.2, -0.15) is 0 Å². The van der Waals surface area contributed by atoms with Crippen molar-refractivity contribution in [1.82, 2.24) is 10.6 Å². The van der Waals surface area contributed by atoms with Crippen LogP contribution in [-0.2, 0) is 9.59 Å². The molecule has 1 aliphatic heterocycles. The highest BCUT2D eigenvalue weighted by Crippen LogP contribution is 2.47. The Morgan fingerprint density at radius 2 is 2.00 bits per heavy atom. The van der Waals surface area contributed by atoms with Crippen molar-refractivity contribution in [3.05, 3.63) is 57.9 Å². The maximum Gasteiger partial charge on any atom is 0.249 e. The number of carbonyl (C=O) groups is 2. The molecule has 26 heavy (non-hydrogen) atoms. The van der Waals surface area contributed by atoms with Crippen molar-refractivity contribution < 1.29 is 18.4 Å². The second-order valence-corrected chi connectivity index (χ2v) is 7.45. The van der Waals surface area contributed by atoms with Crippen molar-refractivity contribution in [2.75, 3.05) is 7.05 Å². The van der Waals surface area contributed by atoms with Gasteiger partial charge < -0.3 is 10.6 Å². The normalized spacial score (nSPS) is 22.1. The lowest BCUT2D eigenvalue weighted by atomic mass is 9.67. The molecule has 0 bridgehead atoms. The summed E-state index contributed by atoms with van der Waals surface area (Å²) in [5.74, 6) is -2.85. The van der Waals surface area contributed by atoms with Gasteiger partial charge >= 0.3 is 0 Å². The highest BCUT2D eigenvalue weighted by molar-refractivity contribution is 6.07. The summed E-state index contributed by atoms with van der Waals surface area (Å²) in [4.78, 5) is 25.7. The lowest BCUT2D eigenvalue weighted by Gasteiger charge is -2.39. The first-order chi connectivity index (χ1) is 12.2. The van der Waals surface area contributed by atoms with Crippen molar-refractivity contribution in [2.24, 2.45) is 5.41 Å². The van der Waals surface area contributed by atoms with Gasteiger partial charge in [0.05, 0.1) is 0 Å². The number of amides is 1. The predicted octanol–water partition coefficient (Wildman–Crippen LogP) is 3.31. The van der Waals surface area contributed by atoms with E-state index < -0.39 is 28.9 Å². The Kier molecular flexibility index (Phi) is 4.46. The fourth-order valence-electron chi connectivity index (χ4n) is 3.76. The molecule has 138 valence electrons. The molecule has 1 atom stereocenters. The Labute approximate surface area is 151 Å². The number of likely N-dealkylation sites (N-methyl/N-ethyl adjacent to an activating group) is 1. The zero-order valence-electron chi connectivity index (χ0n) is 15.3. The third-order valence-corrected chi connectivity index (χ3v) is 5.25. The van der Waals surface area contributed by atoms with E-state index in [0.29, 0.717) is 29.8 Å². The van der Waals surface area contributed by atoms with E-state index in [9.17, 15) is 18.4 Å².